The number of carbonyl (C=O) groups excluding carboxylic acids is 2. The number of ether oxygens (including phenoxy) is 1. The Morgan fingerprint density at radius 2 is 2.00 bits per heavy atom. The van der Waals surface area contributed by atoms with Gasteiger partial charge < -0.3 is 14.5 Å². The van der Waals surface area contributed by atoms with E-state index < -0.39 is 11.9 Å². The molecule has 162 valence electrons. The van der Waals surface area contributed by atoms with Gasteiger partial charge in [-0.3, -0.25) is 9.59 Å². The van der Waals surface area contributed by atoms with Crippen molar-refractivity contribution in [2.75, 3.05) is 6.61 Å². The second-order valence-electron chi connectivity index (χ2n) is 8.12. The van der Waals surface area contributed by atoms with Crippen LogP contribution in [0.5, 0.6) is 0 Å². The first kappa shape index (κ1) is 21.1. The zero-order chi connectivity index (χ0) is 22.0. The van der Waals surface area contributed by atoms with Gasteiger partial charge in [0.25, 0.3) is 0 Å². The molecule has 2 aromatic rings. The van der Waals surface area contributed by atoms with Crippen molar-refractivity contribution in [1.82, 2.24) is 5.32 Å². The Kier molecular flexibility index (Phi) is 6.07. The molecule has 31 heavy (non-hydrogen) atoms. The Balaban J connectivity index is 1.83. The van der Waals surface area contributed by atoms with Crippen LogP contribution in [-0.2, 0) is 14.3 Å². The second-order valence-corrected chi connectivity index (χ2v) is 8.12. The highest BCUT2D eigenvalue weighted by Gasteiger charge is 2.40. The van der Waals surface area contributed by atoms with Gasteiger partial charge in [-0.05, 0) is 38.3 Å². The summed E-state index contributed by atoms with van der Waals surface area (Å²) < 4.78 is 11.3. The van der Waals surface area contributed by atoms with E-state index in [0.717, 1.165) is 31.4 Å². The molecule has 2 aliphatic rings. The number of rotatable bonds is 6. The van der Waals surface area contributed by atoms with E-state index in [1.54, 1.807) is 31.2 Å². The molecule has 0 radical (unpaired) electrons. The van der Waals surface area contributed by atoms with Crippen LogP contribution in [0.3, 0.4) is 0 Å². The van der Waals surface area contributed by atoms with E-state index in [4.69, 9.17) is 9.15 Å². The fourth-order valence-corrected chi connectivity index (χ4v) is 4.45. The van der Waals surface area contributed by atoms with Crippen LogP contribution in [0, 0.1) is 0 Å². The molecule has 2 heterocycles. The van der Waals surface area contributed by atoms with Crippen molar-refractivity contribution in [3.63, 3.8) is 0 Å². The molecular formula is C25H27NO5. The highest BCUT2D eigenvalue weighted by molar-refractivity contribution is 6.04. The maximum Gasteiger partial charge on any atom is 0.336 e. The Labute approximate surface area is 181 Å². The number of carbonyl (C=O) groups is 2. The molecule has 6 nitrogen and oxygen atoms in total. The number of hydrogen-bond donors (Lipinski definition) is 1. The molecule has 0 bridgehead atoms. The average molecular weight is 421 g/mol. The predicted octanol–water partition coefficient (Wildman–Crippen LogP) is 4.49. The summed E-state index contributed by atoms with van der Waals surface area (Å²) >= 11 is 0. The normalized spacial score (nSPS) is 18.8. The number of benzene rings is 1. The van der Waals surface area contributed by atoms with Gasteiger partial charge in [0.15, 0.2) is 11.2 Å². The molecule has 4 rings (SSSR count). The molecule has 1 aliphatic heterocycles. The summed E-state index contributed by atoms with van der Waals surface area (Å²) in [5.41, 5.74) is 2.73. The lowest BCUT2D eigenvalue weighted by atomic mass is 9.75. The zero-order valence-electron chi connectivity index (χ0n) is 18.0. The van der Waals surface area contributed by atoms with Crippen LogP contribution in [-0.4, -0.2) is 18.4 Å². The molecule has 1 aromatic heterocycles. The second kappa shape index (κ2) is 8.92. The van der Waals surface area contributed by atoms with Crippen LogP contribution in [0.4, 0.5) is 0 Å². The third kappa shape index (κ3) is 3.94. The average Bonchev–Trinajstić information content (AvgIpc) is 2.76. The molecule has 1 aliphatic carbocycles. The van der Waals surface area contributed by atoms with E-state index >= 15 is 0 Å². The van der Waals surface area contributed by atoms with Gasteiger partial charge in [0.1, 0.15) is 5.58 Å². The van der Waals surface area contributed by atoms with Crippen molar-refractivity contribution in [2.45, 2.75) is 58.3 Å². The smallest absolute Gasteiger partial charge is 0.336 e. The van der Waals surface area contributed by atoms with Gasteiger partial charge in [0.05, 0.1) is 29.7 Å². The maximum absolute atomic E-state index is 13.4. The van der Waals surface area contributed by atoms with Crippen LogP contribution in [0.15, 0.2) is 62.3 Å². The predicted molar refractivity (Wildman–Crippen MR) is 117 cm³/mol. The van der Waals surface area contributed by atoms with E-state index in [2.05, 4.69) is 12.2 Å². The molecule has 0 fully saturated rings. The number of unbranched alkanes of at least 4 members (excludes halogenated alkanes) is 2. The highest BCUT2D eigenvalue weighted by Crippen LogP contribution is 2.41. The number of Topliss-reactive ketones (excluding diaryl/α,β-unsaturated/α-hetero) is 1. The fourth-order valence-electron chi connectivity index (χ4n) is 4.45. The van der Waals surface area contributed by atoms with Gasteiger partial charge in [-0.2, -0.15) is 0 Å². The van der Waals surface area contributed by atoms with Gasteiger partial charge in [-0.15, -0.1) is 0 Å². The first-order chi connectivity index (χ1) is 15.0. The van der Waals surface area contributed by atoms with E-state index in [1.807, 2.05) is 0 Å². The Morgan fingerprint density at radius 1 is 1.19 bits per heavy atom. The first-order valence-corrected chi connectivity index (χ1v) is 10.9. The van der Waals surface area contributed by atoms with Crippen molar-refractivity contribution in [1.29, 1.82) is 0 Å². The van der Waals surface area contributed by atoms with E-state index in [0.29, 0.717) is 52.8 Å². The Hall–Kier alpha value is -3.15. The summed E-state index contributed by atoms with van der Waals surface area (Å²) in [7, 11) is 0. The molecule has 0 saturated heterocycles. The van der Waals surface area contributed by atoms with Crippen LogP contribution in [0.1, 0.15) is 63.9 Å². The lowest BCUT2D eigenvalue weighted by molar-refractivity contribution is -0.139. The largest absolute Gasteiger partial charge is 0.464 e. The minimum Gasteiger partial charge on any atom is -0.464 e. The number of esters is 1. The number of fused-ring (bicyclic) bond motifs is 1. The summed E-state index contributed by atoms with van der Waals surface area (Å²) in [5.74, 6) is -1.33. The van der Waals surface area contributed by atoms with Crippen molar-refractivity contribution in [3.05, 3.63) is 68.9 Å². The standard InChI is InChI=1S/C25H27NO5/c1-3-4-7-13-30-25(29)21-15(2)26-18-10-8-11-19(27)23(18)22(21)17-14-31-20-12-6-5-9-16(20)24(17)28/h5-6,9,12,14,22,26H,3-4,7-8,10-11,13H2,1-2H3/t22-/m0/s1. The number of ketones is 1. The van der Waals surface area contributed by atoms with Crippen LogP contribution >= 0.6 is 0 Å². The van der Waals surface area contributed by atoms with Crippen molar-refractivity contribution >= 4 is 22.7 Å². The third-order valence-electron chi connectivity index (χ3n) is 5.99. The van der Waals surface area contributed by atoms with Crippen molar-refractivity contribution in [3.8, 4) is 0 Å². The number of dihydropyridines is 1. The molecule has 1 N–H and O–H groups in total. The number of allylic oxidation sites excluding steroid dienone is 3. The van der Waals surface area contributed by atoms with Crippen LogP contribution in [0.25, 0.3) is 11.0 Å². The number of nitrogens with one attached hydrogen (secondary N) is 1. The van der Waals surface area contributed by atoms with Gasteiger partial charge >= 0.3 is 5.97 Å². The highest BCUT2D eigenvalue weighted by atomic mass is 16.5. The topological polar surface area (TPSA) is 85.6 Å². The zero-order valence-corrected chi connectivity index (χ0v) is 18.0. The van der Waals surface area contributed by atoms with Crippen molar-refractivity contribution in [2.24, 2.45) is 0 Å². The number of hydrogen-bond acceptors (Lipinski definition) is 6. The van der Waals surface area contributed by atoms with Crippen LogP contribution in [0.2, 0.25) is 0 Å². The Bertz CT molecular complexity index is 1150. The van der Waals surface area contributed by atoms with E-state index in [1.165, 1.54) is 6.26 Å². The summed E-state index contributed by atoms with van der Waals surface area (Å²) in [6.07, 6.45) is 6.00. The van der Waals surface area contributed by atoms with Gasteiger partial charge in [-0.1, -0.05) is 31.9 Å². The van der Waals surface area contributed by atoms with E-state index in [-0.39, 0.29) is 11.2 Å². The molecule has 0 saturated carbocycles. The van der Waals surface area contributed by atoms with Crippen LogP contribution < -0.4 is 10.7 Å². The van der Waals surface area contributed by atoms with Crippen molar-refractivity contribution < 1.29 is 18.7 Å². The molecule has 1 aromatic carbocycles. The summed E-state index contributed by atoms with van der Waals surface area (Å²) in [4.78, 5) is 39.5. The third-order valence-corrected chi connectivity index (χ3v) is 5.99. The first-order valence-electron chi connectivity index (χ1n) is 10.9. The molecule has 0 unspecified atom stereocenters. The quantitative estimate of drug-likeness (QED) is 0.546. The maximum atomic E-state index is 13.4. The lowest BCUT2D eigenvalue weighted by Crippen LogP contribution is -2.36. The molecule has 1 atom stereocenters. The fraction of sp³-hybridized carbons (Fsp3) is 0.400. The van der Waals surface area contributed by atoms with E-state index in [9.17, 15) is 14.4 Å². The Morgan fingerprint density at radius 3 is 2.81 bits per heavy atom. The molecular weight excluding hydrogens is 394 g/mol. The summed E-state index contributed by atoms with van der Waals surface area (Å²) in [6.45, 7) is 4.18. The monoisotopic (exact) mass is 421 g/mol. The van der Waals surface area contributed by atoms with Gasteiger partial charge in [-0.25, -0.2) is 4.79 Å². The lowest BCUT2D eigenvalue weighted by Gasteiger charge is -2.33. The molecule has 6 heteroatoms. The number of para-hydroxylation sites is 1. The molecule has 0 amide bonds. The summed E-state index contributed by atoms with van der Waals surface area (Å²) in [5, 5.41) is 3.67. The SMILES string of the molecule is CCCCCOC(=O)C1=C(C)NC2=C(C(=O)CCC2)[C@H]1c1coc2ccccc2c1=O. The van der Waals surface area contributed by atoms with Gasteiger partial charge in [0, 0.05) is 29.0 Å². The van der Waals surface area contributed by atoms with Gasteiger partial charge in [0.2, 0.25) is 0 Å². The summed E-state index contributed by atoms with van der Waals surface area (Å²) in [6, 6.07) is 6.99. The minimum absolute atomic E-state index is 0.0462. The minimum atomic E-state index is -0.788. The molecule has 0 spiro atoms.